The molecule has 0 aliphatic rings. The predicted molar refractivity (Wildman–Crippen MR) is 101 cm³/mol. The quantitative estimate of drug-likeness (QED) is 0.381. The Morgan fingerprint density at radius 2 is 1.42 bits per heavy atom. The second kappa shape index (κ2) is 10.3. The first kappa shape index (κ1) is 20.4. The SMILES string of the molecule is CN(C)C(=N)Nc1ccccc1-c1ccccc1.O=C(O)/C=C/C(=O)O. The lowest BCUT2D eigenvalue weighted by Gasteiger charge is -2.17. The van der Waals surface area contributed by atoms with Crippen LogP contribution in [-0.2, 0) is 9.59 Å². The van der Waals surface area contributed by atoms with Crippen LogP contribution in [0.3, 0.4) is 0 Å². The molecule has 7 heteroatoms. The van der Waals surface area contributed by atoms with E-state index in [1.165, 1.54) is 0 Å². The van der Waals surface area contributed by atoms with E-state index in [1.807, 2.05) is 50.5 Å². The van der Waals surface area contributed by atoms with Crippen LogP contribution in [0.25, 0.3) is 11.1 Å². The van der Waals surface area contributed by atoms with E-state index in [9.17, 15) is 9.59 Å². The molecule has 0 radical (unpaired) electrons. The first-order chi connectivity index (χ1) is 12.3. The van der Waals surface area contributed by atoms with E-state index in [0.717, 1.165) is 16.8 Å². The fraction of sp³-hybridized carbons (Fsp3) is 0.105. The van der Waals surface area contributed by atoms with Gasteiger partial charge in [-0.2, -0.15) is 0 Å². The molecule has 0 unspecified atom stereocenters. The minimum atomic E-state index is -1.26. The van der Waals surface area contributed by atoms with Gasteiger partial charge in [0.2, 0.25) is 0 Å². The minimum absolute atomic E-state index is 0.374. The van der Waals surface area contributed by atoms with Crippen LogP contribution >= 0.6 is 0 Å². The molecule has 0 aromatic heterocycles. The van der Waals surface area contributed by atoms with Crippen molar-refractivity contribution in [2.24, 2.45) is 0 Å². The summed E-state index contributed by atoms with van der Waals surface area (Å²) in [6.45, 7) is 0. The largest absolute Gasteiger partial charge is 0.478 e. The van der Waals surface area contributed by atoms with Crippen molar-refractivity contribution in [2.45, 2.75) is 0 Å². The van der Waals surface area contributed by atoms with E-state index in [4.69, 9.17) is 15.6 Å². The van der Waals surface area contributed by atoms with Gasteiger partial charge in [-0.1, -0.05) is 48.5 Å². The van der Waals surface area contributed by atoms with E-state index in [2.05, 4.69) is 23.5 Å². The lowest BCUT2D eigenvalue weighted by molar-refractivity contribution is -0.134. The van der Waals surface area contributed by atoms with E-state index in [-0.39, 0.29) is 0 Å². The van der Waals surface area contributed by atoms with Crippen LogP contribution in [0.15, 0.2) is 66.7 Å². The zero-order chi connectivity index (χ0) is 19.5. The maximum atomic E-state index is 9.55. The van der Waals surface area contributed by atoms with Gasteiger partial charge in [0.1, 0.15) is 0 Å². The molecule has 0 aliphatic carbocycles. The zero-order valence-corrected chi connectivity index (χ0v) is 14.5. The molecular weight excluding hydrogens is 334 g/mol. The summed E-state index contributed by atoms with van der Waals surface area (Å²) < 4.78 is 0. The third-order valence-electron chi connectivity index (χ3n) is 3.08. The molecule has 0 amide bonds. The summed E-state index contributed by atoms with van der Waals surface area (Å²) in [5.74, 6) is -2.14. The number of nitrogens with zero attached hydrogens (tertiary/aromatic N) is 1. The molecule has 0 saturated carbocycles. The number of hydrogen-bond acceptors (Lipinski definition) is 3. The molecule has 0 bridgehead atoms. The van der Waals surface area contributed by atoms with Crippen molar-refractivity contribution in [2.75, 3.05) is 19.4 Å². The van der Waals surface area contributed by atoms with Crippen molar-refractivity contribution in [1.29, 1.82) is 5.41 Å². The molecule has 26 heavy (non-hydrogen) atoms. The number of rotatable bonds is 4. The Labute approximate surface area is 151 Å². The highest BCUT2D eigenvalue weighted by atomic mass is 16.4. The Bertz CT molecular complexity index is 770. The summed E-state index contributed by atoms with van der Waals surface area (Å²) in [5, 5.41) is 26.6. The fourth-order valence-electron chi connectivity index (χ4n) is 1.84. The molecule has 7 nitrogen and oxygen atoms in total. The molecule has 0 atom stereocenters. The standard InChI is InChI=1S/C15H17N3.C4H4O4/c1-18(2)15(16)17-14-11-7-6-10-13(14)12-8-4-3-5-9-12;5-3(6)1-2-4(7)8/h3-11H,1-2H3,(H2,16,17);1-2H,(H,5,6)(H,7,8)/b;2-1+. The lowest BCUT2D eigenvalue weighted by Crippen LogP contribution is -2.28. The summed E-state index contributed by atoms with van der Waals surface area (Å²) in [7, 11) is 3.70. The minimum Gasteiger partial charge on any atom is -0.478 e. The Hall–Kier alpha value is -3.61. The highest BCUT2D eigenvalue weighted by Crippen LogP contribution is 2.27. The van der Waals surface area contributed by atoms with Gasteiger partial charge in [-0.05, 0) is 11.6 Å². The maximum Gasteiger partial charge on any atom is 0.328 e. The van der Waals surface area contributed by atoms with E-state index >= 15 is 0 Å². The summed E-state index contributed by atoms with van der Waals surface area (Å²) in [4.78, 5) is 20.8. The lowest BCUT2D eigenvalue weighted by atomic mass is 10.0. The molecule has 2 aromatic carbocycles. The number of para-hydroxylation sites is 1. The van der Waals surface area contributed by atoms with Crippen LogP contribution in [0.1, 0.15) is 0 Å². The number of aliphatic carboxylic acids is 2. The Morgan fingerprint density at radius 3 is 1.92 bits per heavy atom. The van der Waals surface area contributed by atoms with Crippen molar-refractivity contribution in [1.82, 2.24) is 4.90 Å². The van der Waals surface area contributed by atoms with Crippen molar-refractivity contribution in [3.63, 3.8) is 0 Å². The van der Waals surface area contributed by atoms with Crippen LogP contribution in [-0.4, -0.2) is 47.1 Å². The van der Waals surface area contributed by atoms with Crippen LogP contribution in [0.5, 0.6) is 0 Å². The van der Waals surface area contributed by atoms with Gasteiger partial charge in [0.25, 0.3) is 0 Å². The molecule has 0 aliphatic heterocycles. The molecule has 2 rings (SSSR count). The average molecular weight is 355 g/mol. The van der Waals surface area contributed by atoms with Gasteiger partial charge in [0.05, 0.1) is 0 Å². The van der Waals surface area contributed by atoms with Crippen LogP contribution in [0, 0.1) is 5.41 Å². The number of guanidine groups is 1. The second-order valence-electron chi connectivity index (χ2n) is 5.29. The number of benzene rings is 2. The van der Waals surface area contributed by atoms with Crippen LogP contribution in [0.4, 0.5) is 5.69 Å². The van der Waals surface area contributed by atoms with E-state index in [0.29, 0.717) is 18.1 Å². The third kappa shape index (κ3) is 7.31. The normalized spacial score (nSPS) is 9.77. The monoisotopic (exact) mass is 355 g/mol. The molecule has 0 fully saturated rings. The van der Waals surface area contributed by atoms with Gasteiger partial charge in [-0.3, -0.25) is 5.41 Å². The van der Waals surface area contributed by atoms with E-state index in [1.54, 1.807) is 4.90 Å². The number of hydrogen-bond donors (Lipinski definition) is 4. The van der Waals surface area contributed by atoms with Gasteiger partial charge in [0.15, 0.2) is 5.96 Å². The van der Waals surface area contributed by atoms with Crippen LogP contribution in [0.2, 0.25) is 0 Å². The second-order valence-corrected chi connectivity index (χ2v) is 5.29. The Balaban J connectivity index is 0.000000359. The molecule has 0 spiro atoms. The topological polar surface area (TPSA) is 114 Å². The molecular formula is C19H21N3O4. The van der Waals surface area contributed by atoms with Gasteiger partial charge >= 0.3 is 11.9 Å². The highest BCUT2D eigenvalue weighted by Gasteiger charge is 2.06. The maximum absolute atomic E-state index is 9.55. The predicted octanol–water partition coefficient (Wildman–Crippen LogP) is 2.97. The summed E-state index contributed by atoms with van der Waals surface area (Å²) in [6, 6.07) is 18.2. The number of nitrogens with one attached hydrogen (secondary N) is 2. The van der Waals surface area contributed by atoms with Gasteiger partial charge < -0.3 is 20.4 Å². The first-order valence-corrected chi connectivity index (χ1v) is 7.62. The van der Waals surface area contributed by atoms with Crippen LogP contribution < -0.4 is 5.32 Å². The number of anilines is 1. The Kier molecular flexibility index (Phi) is 8.09. The summed E-state index contributed by atoms with van der Waals surface area (Å²) >= 11 is 0. The van der Waals surface area contributed by atoms with E-state index < -0.39 is 11.9 Å². The molecule has 2 aromatic rings. The summed E-state index contributed by atoms with van der Waals surface area (Å²) in [5.41, 5.74) is 3.19. The van der Waals surface area contributed by atoms with Crippen molar-refractivity contribution in [3.8, 4) is 11.1 Å². The smallest absolute Gasteiger partial charge is 0.328 e. The average Bonchev–Trinajstić information content (AvgIpc) is 2.61. The summed E-state index contributed by atoms with van der Waals surface area (Å²) in [6.07, 6.45) is 1.12. The Morgan fingerprint density at radius 1 is 0.923 bits per heavy atom. The molecule has 136 valence electrons. The third-order valence-corrected chi connectivity index (χ3v) is 3.08. The molecule has 0 saturated heterocycles. The number of carboxylic acids is 2. The fourth-order valence-corrected chi connectivity index (χ4v) is 1.84. The van der Waals surface area contributed by atoms with Gasteiger partial charge in [-0.15, -0.1) is 0 Å². The van der Waals surface area contributed by atoms with Crippen molar-refractivity contribution >= 4 is 23.6 Å². The van der Waals surface area contributed by atoms with Gasteiger partial charge in [-0.25, -0.2) is 9.59 Å². The van der Waals surface area contributed by atoms with Crippen molar-refractivity contribution < 1.29 is 19.8 Å². The first-order valence-electron chi connectivity index (χ1n) is 7.62. The highest BCUT2D eigenvalue weighted by molar-refractivity contribution is 5.95. The van der Waals surface area contributed by atoms with Gasteiger partial charge in [0, 0.05) is 37.5 Å². The zero-order valence-electron chi connectivity index (χ0n) is 14.5. The number of carboxylic acid groups (broad SMARTS) is 2. The number of carbonyl (C=O) groups is 2. The molecule has 4 N–H and O–H groups in total. The molecule has 0 heterocycles. The van der Waals surface area contributed by atoms with Crippen molar-refractivity contribution in [3.05, 3.63) is 66.7 Å².